The van der Waals surface area contributed by atoms with Crippen LogP contribution in [0.3, 0.4) is 0 Å². The first-order valence-electron chi connectivity index (χ1n) is 12.2. The number of aliphatic hydroxyl groups excluding tert-OH is 1. The molecule has 0 spiro atoms. The van der Waals surface area contributed by atoms with Gasteiger partial charge in [0, 0.05) is 30.3 Å². The highest BCUT2D eigenvalue weighted by Gasteiger charge is 2.21. The molecule has 0 aliphatic rings. The molecular weight excluding hydrogens is 556 g/mol. The van der Waals surface area contributed by atoms with Crippen LogP contribution in [0.5, 0.6) is 0 Å². The molecule has 204 valence electrons. The van der Waals surface area contributed by atoms with Gasteiger partial charge in [0.05, 0.1) is 12.9 Å². The number of aromatic nitrogens is 1. The van der Waals surface area contributed by atoms with Crippen LogP contribution < -0.4 is 10.0 Å². The Labute approximate surface area is 237 Å². The highest BCUT2D eigenvalue weighted by molar-refractivity contribution is 7.92. The zero-order chi connectivity index (χ0) is 27.8. The van der Waals surface area contributed by atoms with Crippen molar-refractivity contribution in [3.8, 4) is 11.3 Å². The van der Waals surface area contributed by atoms with E-state index in [1.54, 1.807) is 29.2 Å². The zero-order valence-electron chi connectivity index (χ0n) is 21.2. The number of carbonyl (C=O) groups is 1. The molecule has 11 heteroatoms. The topological polar surface area (TPSA) is 112 Å². The fraction of sp³-hybridized carbons (Fsp3) is 0.214. The zero-order valence-corrected chi connectivity index (χ0v) is 23.6. The number of carbonyl (C=O) groups excluding carboxylic acids is 1. The van der Waals surface area contributed by atoms with Crippen LogP contribution in [0.4, 0.5) is 15.6 Å². The minimum absolute atomic E-state index is 0.0856. The summed E-state index contributed by atoms with van der Waals surface area (Å²) in [5, 5.41) is 12.8. The fourth-order valence-electron chi connectivity index (χ4n) is 4.23. The number of hydrogen-bond acceptors (Lipinski definition) is 6. The summed E-state index contributed by atoms with van der Waals surface area (Å²) in [7, 11) is -3.39. The molecule has 1 heterocycles. The minimum Gasteiger partial charge on any atom is -0.395 e. The first kappa shape index (κ1) is 28.6. The number of thiazole rings is 1. The fourth-order valence-corrected chi connectivity index (χ4v) is 5.87. The quantitative estimate of drug-likeness (QED) is 0.204. The molecule has 4 aromatic rings. The lowest BCUT2D eigenvalue weighted by Gasteiger charge is -2.25. The van der Waals surface area contributed by atoms with Gasteiger partial charge in [0.2, 0.25) is 10.0 Å². The number of urea groups is 1. The summed E-state index contributed by atoms with van der Waals surface area (Å²) < 4.78 is 25.7. The van der Waals surface area contributed by atoms with Gasteiger partial charge in [-0.15, -0.1) is 0 Å². The Hall–Kier alpha value is -3.44. The predicted molar refractivity (Wildman–Crippen MR) is 158 cm³/mol. The summed E-state index contributed by atoms with van der Waals surface area (Å²) in [4.78, 5) is 19.2. The molecule has 3 aromatic carbocycles. The van der Waals surface area contributed by atoms with Crippen molar-refractivity contribution in [3.05, 3.63) is 100 Å². The van der Waals surface area contributed by atoms with Gasteiger partial charge in [0.1, 0.15) is 10.0 Å². The molecule has 0 saturated carbocycles. The van der Waals surface area contributed by atoms with Crippen LogP contribution in [-0.2, 0) is 10.0 Å². The Bertz CT molecular complexity index is 1440. The molecule has 39 heavy (non-hydrogen) atoms. The second-order valence-electron chi connectivity index (χ2n) is 8.90. The highest BCUT2D eigenvalue weighted by atomic mass is 35.5. The van der Waals surface area contributed by atoms with Gasteiger partial charge in [-0.05, 0) is 29.7 Å². The van der Waals surface area contributed by atoms with Crippen molar-refractivity contribution in [2.24, 2.45) is 0 Å². The van der Waals surface area contributed by atoms with Gasteiger partial charge in [-0.1, -0.05) is 95.7 Å². The third-order valence-corrected chi connectivity index (χ3v) is 7.79. The Morgan fingerprint density at radius 2 is 1.56 bits per heavy atom. The SMILES string of the molecule is CS(=O)(=O)Nc1ccc(-c2nc(NC(=O)N(CCO)CCC(c3ccccc3)c3ccccc3)sc2Cl)cc1. The first-order chi connectivity index (χ1) is 18.7. The van der Waals surface area contributed by atoms with Gasteiger partial charge >= 0.3 is 6.03 Å². The second-order valence-corrected chi connectivity index (χ2v) is 12.2. The molecule has 1 aromatic heterocycles. The summed E-state index contributed by atoms with van der Waals surface area (Å²) in [6, 6.07) is 26.5. The number of halogens is 1. The normalized spacial score (nSPS) is 11.4. The molecule has 0 aliphatic heterocycles. The van der Waals surface area contributed by atoms with E-state index >= 15 is 0 Å². The third kappa shape index (κ3) is 8.03. The Morgan fingerprint density at radius 3 is 2.10 bits per heavy atom. The lowest BCUT2D eigenvalue weighted by atomic mass is 9.88. The van der Waals surface area contributed by atoms with Gasteiger partial charge in [-0.3, -0.25) is 10.0 Å². The van der Waals surface area contributed by atoms with Crippen molar-refractivity contribution >= 4 is 49.8 Å². The predicted octanol–water partition coefficient (Wildman–Crippen LogP) is 5.88. The molecule has 2 amide bonds. The van der Waals surface area contributed by atoms with Crippen LogP contribution >= 0.6 is 22.9 Å². The largest absolute Gasteiger partial charge is 0.395 e. The van der Waals surface area contributed by atoms with E-state index in [1.807, 2.05) is 36.4 Å². The number of anilines is 2. The van der Waals surface area contributed by atoms with Crippen molar-refractivity contribution < 1.29 is 18.3 Å². The standard InChI is InChI=1S/C28H29ClN4O4S2/c1-39(36,37)32-23-14-12-22(13-15-23)25-26(29)38-27(30-25)31-28(35)33(18-19-34)17-16-24(20-8-4-2-5-9-20)21-10-6-3-7-11-21/h2-15,24,32,34H,16-19H2,1H3,(H,30,31,35). The van der Waals surface area contributed by atoms with Crippen molar-refractivity contribution in [2.45, 2.75) is 12.3 Å². The highest BCUT2D eigenvalue weighted by Crippen LogP contribution is 2.36. The van der Waals surface area contributed by atoms with Crippen molar-refractivity contribution in [2.75, 3.05) is 36.0 Å². The number of hydrogen-bond donors (Lipinski definition) is 3. The van der Waals surface area contributed by atoms with Crippen LogP contribution in [0, 0.1) is 0 Å². The molecule has 0 saturated heterocycles. The van der Waals surface area contributed by atoms with E-state index in [0.717, 1.165) is 28.7 Å². The molecule has 0 bridgehead atoms. The number of sulfonamides is 1. The summed E-state index contributed by atoms with van der Waals surface area (Å²) in [5.41, 5.74) is 3.88. The maximum Gasteiger partial charge on any atom is 0.323 e. The van der Waals surface area contributed by atoms with Crippen LogP contribution in [0.25, 0.3) is 11.3 Å². The summed E-state index contributed by atoms with van der Waals surface area (Å²) >= 11 is 7.55. The summed E-state index contributed by atoms with van der Waals surface area (Å²) in [5.74, 6) is 0.0856. The Kier molecular flexibility index (Phi) is 9.58. The van der Waals surface area contributed by atoms with Gasteiger partial charge in [0.15, 0.2) is 5.13 Å². The van der Waals surface area contributed by atoms with Gasteiger partial charge in [0.25, 0.3) is 0 Å². The smallest absolute Gasteiger partial charge is 0.323 e. The number of amides is 2. The molecule has 0 aliphatic carbocycles. The number of benzene rings is 3. The van der Waals surface area contributed by atoms with Crippen LogP contribution in [0.15, 0.2) is 84.9 Å². The maximum atomic E-state index is 13.2. The molecule has 0 unspecified atom stereocenters. The van der Waals surface area contributed by atoms with E-state index in [-0.39, 0.29) is 25.1 Å². The van der Waals surface area contributed by atoms with Crippen LogP contribution in [-0.4, -0.2) is 55.4 Å². The first-order valence-corrected chi connectivity index (χ1v) is 15.3. The Balaban J connectivity index is 1.46. The second kappa shape index (κ2) is 13.1. The van der Waals surface area contributed by atoms with E-state index in [4.69, 9.17) is 11.6 Å². The van der Waals surface area contributed by atoms with Crippen molar-refractivity contribution in [1.29, 1.82) is 0 Å². The third-order valence-electron chi connectivity index (χ3n) is 6.01. The maximum absolute atomic E-state index is 13.2. The molecule has 8 nitrogen and oxygen atoms in total. The average Bonchev–Trinajstić information content (AvgIpc) is 3.28. The van der Waals surface area contributed by atoms with Crippen molar-refractivity contribution in [1.82, 2.24) is 9.88 Å². The van der Waals surface area contributed by atoms with Gasteiger partial charge in [-0.2, -0.15) is 0 Å². The molecule has 4 rings (SSSR count). The van der Waals surface area contributed by atoms with E-state index in [0.29, 0.717) is 39.4 Å². The molecular formula is C28H29ClN4O4S2. The minimum atomic E-state index is -3.39. The average molecular weight is 585 g/mol. The van der Waals surface area contributed by atoms with E-state index in [2.05, 4.69) is 39.3 Å². The van der Waals surface area contributed by atoms with E-state index in [9.17, 15) is 18.3 Å². The summed E-state index contributed by atoms with van der Waals surface area (Å²) in [6.07, 6.45) is 1.75. The molecule has 0 fully saturated rings. The van der Waals surface area contributed by atoms with Gasteiger partial charge < -0.3 is 10.0 Å². The Morgan fingerprint density at radius 1 is 0.974 bits per heavy atom. The molecule has 3 N–H and O–H groups in total. The lowest BCUT2D eigenvalue weighted by molar-refractivity contribution is 0.187. The monoisotopic (exact) mass is 584 g/mol. The molecule has 0 atom stereocenters. The number of rotatable bonds is 11. The lowest BCUT2D eigenvalue weighted by Crippen LogP contribution is -2.38. The van der Waals surface area contributed by atoms with Crippen LogP contribution in [0.2, 0.25) is 4.34 Å². The number of aliphatic hydroxyl groups is 1. The summed E-state index contributed by atoms with van der Waals surface area (Å²) in [6.45, 7) is 0.414. The van der Waals surface area contributed by atoms with E-state index in [1.165, 1.54) is 0 Å². The van der Waals surface area contributed by atoms with Gasteiger partial charge in [-0.25, -0.2) is 18.2 Å². The van der Waals surface area contributed by atoms with Crippen LogP contribution in [0.1, 0.15) is 23.5 Å². The molecule has 0 radical (unpaired) electrons. The number of nitrogens with zero attached hydrogens (tertiary/aromatic N) is 2. The number of nitrogens with one attached hydrogen (secondary N) is 2. The van der Waals surface area contributed by atoms with Crippen molar-refractivity contribution in [3.63, 3.8) is 0 Å². The van der Waals surface area contributed by atoms with E-state index < -0.39 is 10.0 Å².